The van der Waals surface area contributed by atoms with Crippen LogP contribution in [0, 0.1) is 13.8 Å². The van der Waals surface area contributed by atoms with Crippen LogP contribution < -0.4 is 9.47 Å². The van der Waals surface area contributed by atoms with Crippen LogP contribution in [0.5, 0.6) is 11.5 Å². The van der Waals surface area contributed by atoms with Gasteiger partial charge in [0.2, 0.25) is 0 Å². The van der Waals surface area contributed by atoms with Gasteiger partial charge in [-0.25, -0.2) is 4.98 Å². The van der Waals surface area contributed by atoms with E-state index in [0.29, 0.717) is 18.9 Å². The highest BCUT2D eigenvalue weighted by Gasteiger charge is 2.09. The Kier molecular flexibility index (Phi) is 6.08. The molecule has 0 aliphatic rings. The van der Waals surface area contributed by atoms with E-state index in [2.05, 4.69) is 18.0 Å². The molecule has 0 spiro atoms. The van der Waals surface area contributed by atoms with Crippen LogP contribution >= 0.6 is 11.3 Å². The normalized spacial score (nSPS) is 10.6. The van der Waals surface area contributed by atoms with Crippen molar-refractivity contribution in [1.29, 1.82) is 0 Å². The molecule has 0 fully saturated rings. The third-order valence-corrected chi connectivity index (χ3v) is 5.07. The van der Waals surface area contributed by atoms with Gasteiger partial charge in [0.05, 0.1) is 12.1 Å². The van der Waals surface area contributed by atoms with E-state index >= 15 is 0 Å². The van der Waals surface area contributed by atoms with E-state index in [1.807, 2.05) is 43.3 Å². The number of carbonyl (C=O) groups is 1. The SMILES string of the molecule is Cc1cccc(OCCOc2cccc(-c3nc(CC(=O)O)cs3)c2)c1C. The molecular formula is C21H21NO4S. The van der Waals surface area contributed by atoms with Crippen LogP contribution in [0.1, 0.15) is 16.8 Å². The van der Waals surface area contributed by atoms with E-state index in [1.54, 1.807) is 5.38 Å². The first kappa shape index (κ1) is 18.9. The minimum atomic E-state index is -0.882. The number of rotatable bonds is 8. The Morgan fingerprint density at radius 3 is 2.70 bits per heavy atom. The number of nitrogens with zero attached hydrogens (tertiary/aromatic N) is 1. The fourth-order valence-corrected chi connectivity index (χ4v) is 3.40. The van der Waals surface area contributed by atoms with Crippen LogP contribution in [-0.4, -0.2) is 29.3 Å². The second-order valence-electron chi connectivity index (χ2n) is 6.14. The average molecular weight is 383 g/mol. The topological polar surface area (TPSA) is 68.7 Å². The van der Waals surface area contributed by atoms with E-state index in [9.17, 15) is 4.79 Å². The van der Waals surface area contributed by atoms with E-state index in [0.717, 1.165) is 27.6 Å². The molecule has 0 unspecified atom stereocenters. The van der Waals surface area contributed by atoms with Gasteiger partial charge in [0, 0.05) is 10.9 Å². The molecular weight excluding hydrogens is 362 g/mol. The second kappa shape index (κ2) is 8.68. The quantitative estimate of drug-likeness (QED) is 0.580. The minimum Gasteiger partial charge on any atom is -0.490 e. The number of aromatic nitrogens is 1. The summed E-state index contributed by atoms with van der Waals surface area (Å²) in [6.45, 7) is 4.99. The predicted octanol–water partition coefficient (Wildman–Crippen LogP) is 4.51. The lowest BCUT2D eigenvalue weighted by molar-refractivity contribution is -0.136. The Labute approximate surface area is 162 Å². The third-order valence-electron chi connectivity index (χ3n) is 4.13. The maximum absolute atomic E-state index is 10.8. The molecule has 1 heterocycles. The molecule has 0 aliphatic heterocycles. The van der Waals surface area contributed by atoms with Crippen LogP contribution in [0.4, 0.5) is 0 Å². The monoisotopic (exact) mass is 383 g/mol. The zero-order chi connectivity index (χ0) is 19.2. The van der Waals surface area contributed by atoms with Gasteiger partial charge in [0.25, 0.3) is 0 Å². The Morgan fingerprint density at radius 2 is 1.89 bits per heavy atom. The maximum atomic E-state index is 10.8. The van der Waals surface area contributed by atoms with Crippen LogP contribution in [-0.2, 0) is 11.2 Å². The average Bonchev–Trinajstić information content (AvgIpc) is 3.10. The molecule has 27 heavy (non-hydrogen) atoms. The van der Waals surface area contributed by atoms with Crippen molar-refractivity contribution in [1.82, 2.24) is 4.98 Å². The summed E-state index contributed by atoms with van der Waals surface area (Å²) in [6.07, 6.45) is -0.0671. The number of carboxylic acids is 1. The third kappa shape index (κ3) is 5.08. The lowest BCUT2D eigenvalue weighted by Gasteiger charge is -2.12. The van der Waals surface area contributed by atoms with Crippen molar-refractivity contribution < 1.29 is 19.4 Å². The van der Waals surface area contributed by atoms with Gasteiger partial charge in [-0.1, -0.05) is 24.3 Å². The number of ether oxygens (including phenoxy) is 2. The van der Waals surface area contributed by atoms with E-state index in [1.165, 1.54) is 16.9 Å². The molecule has 0 aliphatic carbocycles. The second-order valence-corrected chi connectivity index (χ2v) is 7.00. The minimum absolute atomic E-state index is 0.0671. The van der Waals surface area contributed by atoms with Gasteiger partial charge in [0.15, 0.2) is 0 Å². The molecule has 0 atom stereocenters. The Bertz CT molecular complexity index is 935. The fourth-order valence-electron chi connectivity index (χ4n) is 2.59. The predicted molar refractivity (Wildman–Crippen MR) is 106 cm³/mol. The highest BCUT2D eigenvalue weighted by atomic mass is 32.1. The first-order valence-electron chi connectivity index (χ1n) is 8.61. The summed E-state index contributed by atoms with van der Waals surface area (Å²) in [5, 5.41) is 11.4. The smallest absolute Gasteiger partial charge is 0.309 e. The van der Waals surface area contributed by atoms with Crippen molar-refractivity contribution in [3.8, 4) is 22.1 Å². The first-order chi connectivity index (χ1) is 13.0. The van der Waals surface area contributed by atoms with Crippen molar-refractivity contribution in [2.24, 2.45) is 0 Å². The molecule has 0 saturated heterocycles. The largest absolute Gasteiger partial charge is 0.490 e. The van der Waals surface area contributed by atoms with Crippen LogP contribution in [0.3, 0.4) is 0 Å². The fraction of sp³-hybridized carbons (Fsp3) is 0.238. The summed E-state index contributed by atoms with van der Waals surface area (Å²) in [4.78, 5) is 15.2. The molecule has 0 radical (unpaired) electrons. The van der Waals surface area contributed by atoms with E-state index < -0.39 is 5.97 Å². The van der Waals surface area contributed by atoms with Gasteiger partial charge in [0.1, 0.15) is 29.7 Å². The Hall–Kier alpha value is -2.86. The molecule has 1 aromatic heterocycles. The summed E-state index contributed by atoms with van der Waals surface area (Å²) < 4.78 is 11.6. The maximum Gasteiger partial charge on any atom is 0.309 e. The van der Waals surface area contributed by atoms with Crippen molar-refractivity contribution in [2.45, 2.75) is 20.3 Å². The highest BCUT2D eigenvalue weighted by molar-refractivity contribution is 7.13. The zero-order valence-electron chi connectivity index (χ0n) is 15.3. The van der Waals surface area contributed by atoms with Gasteiger partial charge in [-0.15, -0.1) is 11.3 Å². The molecule has 3 rings (SSSR count). The summed E-state index contributed by atoms with van der Waals surface area (Å²) >= 11 is 1.43. The molecule has 2 aromatic carbocycles. The molecule has 5 nitrogen and oxygen atoms in total. The van der Waals surface area contributed by atoms with Crippen LogP contribution in [0.25, 0.3) is 10.6 Å². The summed E-state index contributed by atoms with van der Waals surface area (Å²) in [7, 11) is 0. The molecule has 0 amide bonds. The number of carboxylic acid groups (broad SMARTS) is 1. The van der Waals surface area contributed by atoms with E-state index in [-0.39, 0.29) is 6.42 Å². The molecule has 1 N–H and O–H groups in total. The molecule has 0 saturated carbocycles. The first-order valence-corrected chi connectivity index (χ1v) is 9.49. The number of hydrogen-bond acceptors (Lipinski definition) is 5. The highest BCUT2D eigenvalue weighted by Crippen LogP contribution is 2.27. The van der Waals surface area contributed by atoms with Gasteiger partial charge in [-0.2, -0.15) is 0 Å². The summed E-state index contributed by atoms with van der Waals surface area (Å²) in [5.74, 6) is 0.723. The van der Waals surface area contributed by atoms with Crippen molar-refractivity contribution in [3.63, 3.8) is 0 Å². The number of aryl methyl sites for hydroxylation is 1. The Balaban J connectivity index is 1.57. The number of thiazole rings is 1. The van der Waals surface area contributed by atoms with Crippen molar-refractivity contribution in [3.05, 3.63) is 64.7 Å². The van der Waals surface area contributed by atoms with Crippen LogP contribution in [0.15, 0.2) is 47.8 Å². The van der Waals surface area contributed by atoms with Crippen molar-refractivity contribution >= 4 is 17.3 Å². The molecule has 6 heteroatoms. The van der Waals surface area contributed by atoms with Crippen LogP contribution in [0.2, 0.25) is 0 Å². The van der Waals surface area contributed by atoms with E-state index in [4.69, 9.17) is 14.6 Å². The number of hydrogen-bond donors (Lipinski definition) is 1. The summed E-state index contributed by atoms with van der Waals surface area (Å²) in [6, 6.07) is 13.6. The molecule has 0 bridgehead atoms. The number of aliphatic carboxylic acids is 1. The van der Waals surface area contributed by atoms with Gasteiger partial charge >= 0.3 is 5.97 Å². The number of benzene rings is 2. The lowest BCUT2D eigenvalue weighted by atomic mass is 10.1. The zero-order valence-corrected chi connectivity index (χ0v) is 16.1. The Morgan fingerprint density at radius 1 is 1.11 bits per heavy atom. The lowest BCUT2D eigenvalue weighted by Crippen LogP contribution is -2.09. The molecule has 140 valence electrons. The molecule has 3 aromatic rings. The summed E-state index contributed by atoms with van der Waals surface area (Å²) in [5.41, 5.74) is 3.81. The standard InChI is InChI=1S/C21H21NO4S/c1-14-5-3-8-19(15(14)2)26-10-9-25-18-7-4-6-16(11-18)21-22-17(13-27-21)12-20(23)24/h3-8,11,13H,9-10,12H2,1-2H3,(H,23,24). The van der Waals surface area contributed by atoms with Crippen molar-refractivity contribution in [2.75, 3.05) is 13.2 Å². The van der Waals surface area contributed by atoms with Gasteiger partial charge < -0.3 is 14.6 Å². The van der Waals surface area contributed by atoms with Gasteiger partial charge in [-0.3, -0.25) is 4.79 Å². The van der Waals surface area contributed by atoms with Gasteiger partial charge in [-0.05, 0) is 43.2 Å².